The first-order valence-electron chi connectivity index (χ1n) is 13.0. The Hall–Kier alpha value is -3.28. The Morgan fingerprint density at radius 2 is 1.38 bits per heavy atom. The highest BCUT2D eigenvalue weighted by Crippen LogP contribution is 2.36. The van der Waals surface area contributed by atoms with Crippen LogP contribution in [0.2, 0.25) is 0 Å². The molecule has 0 bridgehead atoms. The SMILES string of the molecule is FC(F)(F)c1cc(CNCC(c2ccccc2)N2CCN(Cc3ccc4c(c3)OCO4)CC2)cc(C(F)(F)F)c1. The molecule has 40 heavy (non-hydrogen) atoms. The lowest BCUT2D eigenvalue weighted by Crippen LogP contribution is -2.49. The van der Waals surface area contributed by atoms with Gasteiger partial charge < -0.3 is 14.8 Å². The van der Waals surface area contributed by atoms with Gasteiger partial charge in [-0.15, -0.1) is 0 Å². The van der Waals surface area contributed by atoms with Crippen LogP contribution in [-0.4, -0.2) is 49.3 Å². The van der Waals surface area contributed by atoms with Gasteiger partial charge in [0.1, 0.15) is 0 Å². The van der Waals surface area contributed by atoms with E-state index in [9.17, 15) is 26.3 Å². The number of hydrogen-bond donors (Lipinski definition) is 1. The summed E-state index contributed by atoms with van der Waals surface area (Å²) in [5.74, 6) is 1.49. The molecule has 0 aliphatic carbocycles. The summed E-state index contributed by atoms with van der Waals surface area (Å²) in [7, 11) is 0. The van der Waals surface area contributed by atoms with Crippen LogP contribution >= 0.6 is 0 Å². The van der Waals surface area contributed by atoms with Crippen LogP contribution in [0, 0.1) is 0 Å². The van der Waals surface area contributed by atoms with Gasteiger partial charge in [0.15, 0.2) is 11.5 Å². The van der Waals surface area contributed by atoms with Crippen LogP contribution in [-0.2, 0) is 25.4 Å². The Morgan fingerprint density at radius 1 is 0.725 bits per heavy atom. The predicted molar refractivity (Wildman–Crippen MR) is 137 cm³/mol. The molecule has 0 saturated carbocycles. The van der Waals surface area contributed by atoms with Crippen LogP contribution in [0.3, 0.4) is 0 Å². The molecule has 214 valence electrons. The number of nitrogens with one attached hydrogen (secondary N) is 1. The van der Waals surface area contributed by atoms with Crippen molar-refractivity contribution in [1.29, 1.82) is 0 Å². The summed E-state index contributed by atoms with van der Waals surface area (Å²) in [6.45, 7) is 4.35. The molecule has 1 unspecified atom stereocenters. The first-order chi connectivity index (χ1) is 19.1. The maximum absolute atomic E-state index is 13.3. The van der Waals surface area contributed by atoms with Gasteiger partial charge in [0.05, 0.1) is 11.1 Å². The zero-order chi connectivity index (χ0) is 28.3. The smallest absolute Gasteiger partial charge is 0.416 e. The molecular formula is C29H29F6N3O2. The molecular weight excluding hydrogens is 536 g/mol. The molecule has 2 aliphatic rings. The van der Waals surface area contributed by atoms with Gasteiger partial charge in [0.25, 0.3) is 0 Å². The highest BCUT2D eigenvalue weighted by Gasteiger charge is 2.37. The van der Waals surface area contributed by atoms with Gasteiger partial charge in [-0.05, 0) is 47.0 Å². The van der Waals surface area contributed by atoms with E-state index in [2.05, 4.69) is 15.1 Å². The number of ether oxygens (including phenoxy) is 2. The van der Waals surface area contributed by atoms with Gasteiger partial charge >= 0.3 is 12.4 Å². The summed E-state index contributed by atoms with van der Waals surface area (Å²) in [6.07, 6.45) is -9.74. The minimum atomic E-state index is -4.87. The Morgan fingerprint density at radius 3 is 2.02 bits per heavy atom. The second-order valence-electron chi connectivity index (χ2n) is 9.97. The van der Waals surface area contributed by atoms with Crippen molar-refractivity contribution in [2.24, 2.45) is 0 Å². The van der Waals surface area contributed by atoms with Gasteiger partial charge in [-0.25, -0.2) is 0 Å². The summed E-state index contributed by atoms with van der Waals surface area (Å²) in [4.78, 5) is 4.64. The quantitative estimate of drug-likeness (QED) is 0.334. The van der Waals surface area contributed by atoms with Crippen LogP contribution in [0.15, 0.2) is 66.7 Å². The fourth-order valence-electron chi connectivity index (χ4n) is 5.14. The second-order valence-corrected chi connectivity index (χ2v) is 9.97. The van der Waals surface area contributed by atoms with Crippen molar-refractivity contribution in [3.05, 3.63) is 94.5 Å². The van der Waals surface area contributed by atoms with Gasteiger partial charge in [0.2, 0.25) is 6.79 Å². The number of hydrogen-bond acceptors (Lipinski definition) is 5. The molecule has 0 amide bonds. The van der Waals surface area contributed by atoms with E-state index in [-0.39, 0.29) is 31.0 Å². The van der Waals surface area contributed by atoms with Crippen molar-refractivity contribution in [2.45, 2.75) is 31.5 Å². The Bertz CT molecular complexity index is 1260. The van der Waals surface area contributed by atoms with E-state index in [1.807, 2.05) is 48.5 Å². The molecule has 1 fully saturated rings. The molecule has 2 heterocycles. The molecule has 5 rings (SSSR count). The van der Waals surface area contributed by atoms with Crippen molar-refractivity contribution in [3.63, 3.8) is 0 Å². The van der Waals surface area contributed by atoms with Crippen molar-refractivity contribution in [3.8, 4) is 11.5 Å². The number of alkyl halides is 6. The minimum absolute atomic E-state index is 0.0671. The van der Waals surface area contributed by atoms with Crippen LogP contribution in [0.1, 0.15) is 33.9 Å². The number of rotatable bonds is 8. The van der Waals surface area contributed by atoms with E-state index in [1.54, 1.807) is 0 Å². The lowest BCUT2D eigenvalue weighted by Gasteiger charge is -2.39. The van der Waals surface area contributed by atoms with Crippen molar-refractivity contribution >= 4 is 0 Å². The second kappa shape index (κ2) is 11.7. The van der Waals surface area contributed by atoms with Crippen LogP contribution in [0.5, 0.6) is 11.5 Å². The summed E-state index contributed by atoms with van der Waals surface area (Å²) >= 11 is 0. The minimum Gasteiger partial charge on any atom is -0.454 e. The van der Waals surface area contributed by atoms with Gasteiger partial charge in [-0.2, -0.15) is 26.3 Å². The first-order valence-corrected chi connectivity index (χ1v) is 13.0. The fraction of sp³-hybridized carbons (Fsp3) is 0.379. The molecule has 5 nitrogen and oxygen atoms in total. The van der Waals surface area contributed by atoms with E-state index < -0.39 is 23.5 Å². The molecule has 3 aromatic rings. The van der Waals surface area contributed by atoms with Gasteiger partial charge in [-0.1, -0.05) is 36.4 Å². The summed E-state index contributed by atoms with van der Waals surface area (Å²) < 4.78 is 90.5. The summed E-state index contributed by atoms with van der Waals surface area (Å²) in [5.41, 5.74) is -0.533. The standard InChI is InChI=1S/C29H29F6N3O2/c30-28(31,32)23-12-21(13-24(15-23)29(33,34)35)16-36-17-25(22-4-2-1-3-5-22)38-10-8-37(9-11-38)18-20-6-7-26-27(14-20)40-19-39-26/h1-7,12-15,25,36H,8-11,16-19H2. The molecule has 3 aromatic carbocycles. The van der Waals surface area contributed by atoms with E-state index >= 15 is 0 Å². The monoisotopic (exact) mass is 565 g/mol. The van der Waals surface area contributed by atoms with Crippen LogP contribution < -0.4 is 14.8 Å². The molecule has 1 atom stereocenters. The first kappa shape index (κ1) is 28.3. The third-order valence-electron chi connectivity index (χ3n) is 7.19. The Labute approximate surface area is 228 Å². The van der Waals surface area contributed by atoms with Gasteiger partial charge in [-0.3, -0.25) is 9.80 Å². The zero-order valence-electron chi connectivity index (χ0n) is 21.6. The molecule has 11 heteroatoms. The normalized spacial score (nSPS) is 17.2. The molecule has 0 spiro atoms. The van der Waals surface area contributed by atoms with Crippen molar-refractivity contribution in [2.75, 3.05) is 39.5 Å². The molecule has 1 saturated heterocycles. The third-order valence-corrected chi connectivity index (χ3v) is 7.19. The molecule has 0 radical (unpaired) electrons. The zero-order valence-corrected chi connectivity index (χ0v) is 21.6. The maximum atomic E-state index is 13.3. The van der Waals surface area contributed by atoms with Gasteiger partial charge in [0, 0.05) is 51.9 Å². The highest BCUT2D eigenvalue weighted by atomic mass is 19.4. The lowest BCUT2D eigenvalue weighted by atomic mass is 10.0. The van der Waals surface area contributed by atoms with Crippen molar-refractivity contribution in [1.82, 2.24) is 15.1 Å². The molecule has 0 aromatic heterocycles. The van der Waals surface area contributed by atoms with Crippen molar-refractivity contribution < 1.29 is 35.8 Å². The Balaban J connectivity index is 1.23. The molecule has 2 aliphatic heterocycles. The number of benzene rings is 3. The van der Waals surface area contributed by atoms with E-state index in [1.165, 1.54) is 0 Å². The number of fused-ring (bicyclic) bond motifs is 1. The largest absolute Gasteiger partial charge is 0.454 e. The Kier molecular flexibility index (Phi) is 8.25. The fourth-order valence-corrected chi connectivity index (χ4v) is 5.14. The number of halogens is 6. The molecule has 1 N–H and O–H groups in total. The average molecular weight is 566 g/mol. The summed E-state index contributed by atoms with van der Waals surface area (Å²) in [6, 6.07) is 17.2. The van der Waals surface area contributed by atoms with Crippen LogP contribution in [0.25, 0.3) is 0 Å². The maximum Gasteiger partial charge on any atom is 0.416 e. The highest BCUT2D eigenvalue weighted by molar-refractivity contribution is 5.44. The van der Waals surface area contributed by atoms with E-state index in [0.29, 0.717) is 6.54 Å². The summed E-state index contributed by atoms with van der Waals surface area (Å²) in [5, 5.41) is 3.11. The van der Waals surface area contributed by atoms with E-state index in [0.717, 1.165) is 67.5 Å². The number of nitrogens with zero attached hydrogens (tertiary/aromatic N) is 2. The number of piperazine rings is 1. The van der Waals surface area contributed by atoms with Crippen LogP contribution in [0.4, 0.5) is 26.3 Å². The topological polar surface area (TPSA) is 37.0 Å². The lowest BCUT2D eigenvalue weighted by molar-refractivity contribution is -0.143. The average Bonchev–Trinajstić information content (AvgIpc) is 3.39. The predicted octanol–water partition coefficient (Wildman–Crippen LogP) is 6.10. The third kappa shape index (κ3) is 6.89. The van der Waals surface area contributed by atoms with E-state index in [4.69, 9.17) is 9.47 Å².